The predicted octanol–water partition coefficient (Wildman–Crippen LogP) is 1.04. The summed E-state index contributed by atoms with van der Waals surface area (Å²) in [5, 5.41) is 0. The Morgan fingerprint density at radius 1 is 1.50 bits per heavy atom. The summed E-state index contributed by atoms with van der Waals surface area (Å²) >= 11 is 0. The zero-order valence-corrected chi connectivity index (χ0v) is 8.25. The van der Waals surface area contributed by atoms with Crippen LogP contribution in [-0.2, 0) is 19.1 Å². The van der Waals surface area contributed by atoms with Gasteiger partial charge in [-0.25, -0.2) is 0 Å². The Morgan fingerprint density at radius 2 is 2.29 bits per heavy atom. The molecule has 2 aliphatic rings. The Labute approximate surface area is 82.6 Å². The molecule has 0 aromatic rings. The minimum Gasteiger partial charge on any atom is -0.393 e. The molecule has 1 spiro atoms. The largest absolute Gasteiger partial charge is 0.393 e. The smallest absolute Gasteiger partial charge is 0.320 e. The van der Waals surface area contributed by atoms with E-state index >= 15 is 0 Å². The van der Waals surface area contributed by atoms with Gasteiger partial charge in [-0.05, 0) is 19.3 Å². The van der Waals surface area contributed by atoms with Gasteiger partial charge in [0.1, 0.15) is 0 Å². The Bertz CT molecular complexity index is 273. The van der Waals surface area contributed by atoms with Gasteiger partial charge in [0, 0.05) is 6.61 Å². The molecular formula is C10H14O4. The standard InChI is InChI=1S/C10H14O4/c1-2-7-5-10(3-4-13-7)6-8(11)14-9(10)12/h7H,2-6H2,1H3. The van der Waals surface area contributed by atoms with Crippen LogP contribution in [0.4, 0.5) is 0 Å². The second kappa shape index (κ2) is 3.35. The van der Waals surface area contributed by atoms with Crippen LogP contribution in [0.25, 0.3) is 0 Å². The second-order valence-corrected chi connectivity index (χ2v) is 4.07. The molecule has 4 heteroatoms. The number of hydrogen-bond donors (Lipinski definition) is 0. The van der Waals surface area contributed by atoms with Crippen molar-refractivity contribution in [3.05, 3.63) is 0 Å². The molecule has 2 unspecified atom stereocenters. The Hall–Kier alpha value is -0.900. The van der Waals surface area contributed by atoms with Crippen LogP contribution in [0.3, 0.4) is 0 Å². The third-order valence-electron chi connectivity index (χ3n) is 3.13. The fraction of sp³-hybridized carbons (Fsp3) is 0.800. The molecular weight excluding hydrogens is 184 g/mol. The van der Waals surface area contributed by atoms with E-state index in [0.717, 1.165) is 6.42 Å². The summed E-state index contributed by atoms with van der Waals surface area (Å²) < 4.78 is 10.1. The van der Waals surface area contributed by atoms with Gasteiger partial charge in [-0.15, -0.1) is 0 Å². The molecule has 2 fully saturated rings. The number of carbonyl (C=O) groups is 2. The van der Waals surface area contributed by atoms with E-state index in [1.54, 1.807) is 0 Å². The van der Waals surface area contributed by atoms with Crippen molar-refractivity contribution in [2.75, 3.05) is 6.61 Å². The van der Waals surface area contributed by atoms with Gasteiger partial charge in [0.25, 0.3) is 0 Å². The summed E-state index contributed by atoms with van der Waals surface area (Å²) in [4.78, 5) is 22.6. The maximum atomic E-state index is 11.5. The molecule has 2 rings (SSSR count). The van der Waals surface area contributed by atoms with Crippen molar-refractivity contribution in [3.63, 3.8) is 0 Å². The number of cyclic esters (lactones) is 2. The molecule has 2 heterocycles. The molecule has 14 heavy (non-hydrogen) atoms. The average molecular weight is 198 g/mol. The normalized spacial score (nSPS) is 37.6. The molecule has 0 aromatic heterocycles. The van der Waals surface area contributed by atoms with Crippen LogP contribution in [0.2, 0.25) is 0 Å². The minimum atomic E-state index is -0.560. The third kappa shape index (κ3) is 1.43. The fourth-order valence-electron chi connectivity index (χ4n) is 2.22. The molecule has 0 radical (unpaired) electrons. The van der Waals surface area contributed by atoms with E-state index in [9.17, 15) is 9.59 Å². The summed E-state index contributed by atoms with van der Waals surface area (Å²) in [5.41, 5.74) is -0.560. The molecule has 2 atom stereocenters. The summed E-state index contributed by atoms with van der Waals surface area (Å²) in [6.07, 6.45) is 2.47. The molecule has 0 amide bonds. The third-order valence-corrected chi connectivity index (χ3v) is 3.13. The van der Waals surface area contributed by atoms with Gasteiger partial charge in [0.15, 0.2) is 0 Å². The van der Waals surface area contributed by atoms with Crippen LogP contribution in [0.15, 0.2) is 0 Å². The fourth-order valence-corrected chi connectivity index (χ4v) is 2.22. The van der Waals surface area contributed by atoms with E-state index in [1.807, 2.05) is 6.92 Å². The lowest BCUT2D eigenvalue weighted by Gasteiger charge is -2.33. The van der Waals surface area contributed by atoms with Crippen LogP contribution in [-0.4, -0.2) is 24.6 Å². The van der Waals surface area contributed by atoms with Crippen molar-refractivity contribution in [1.29, 1.82) is 0 Å². The van der Waals surface area contributed by atoms with Crippen molar-refractivity contribution >= 4 is 11.9 Å². The van der Waals surface area contributed by atoms with Crippen molar-refractivity contribution in [2.45, 2.75) is 38.7 Å². The van der Waals surface area contributed by atoms with Gasteiger partial charge >= 0.3 is 11.9 Å². The highest BCUT2D eigenvalue weighted by Crippen LogP contribution is 2.42. The van der Waals surface area contributed by atoms with Crippen LogP contribution in [0, 0.1) is 5.41 Å². The van der Waals surface area contributed by atoms with Crippen molar-refractivity contribution in [2.24, 2.45) is 5.41 Å². The zero-order chi connectivity index (χ0) is 10.2. The van der Waals surface area contributed by atoms with Crippen LogP contribution in [0.1, 0.15) is 32.6 Å². The molecule has 0 aliphatic carbocycles. The van der Waals surface area contributed by atoms with Crippen LogP contribution in [0.5, 0.6) is 0 Å². The van der Waals surface area contributed by atoms with E-state index in [0.29, 0.717) is 19.4 Å². The van der Waals surface area contributed by atoms with E-state index in [4.69, 9.17) is 4.74 Å². The summed E-state index contributed by atoms with van der Waals surface area (Å²) in [7, 11) is 0. The van der Waals surface area contributed by atoms with Gasteiger partial charge in [0.2, 0.25) is 0 Å². The maximum absolute atomic E-state index is 11.5. The first-order valence-corrected chi connectivity index (χ1v) is 5.03. The van der Waals surface area contributed by atoms with Crippen molar-refractivity contribution < 1.29 is 19.1 Å². The number of carbonyl (C=O) groups excluding carboxylic acids is 2. The lowest BCUT2D eigenvalue weighted by atomic mass is 9.76. The first-order valence-electron chi connectivity index (χ1n) is 5.03. The Morgan fingerprint density at radius 3 is 2.86 bits per heavy atom. The second-order valence-electron chi connectivity index (χ2n) is 4.07. The monoisotopic (exact) mass is 198 g/mol. The Kier molecular flexibility index (Phi) is 2.31. The highest BCUT2D eigenvalue weighted by molar-refractivity contribution is 5.97. The van der Waals surface area contributed by atoms with E-state index in [1.165, 1.54) is 0 Å². The molecule has 0 N–H and O–H groups in total. The quantitative estimate of drug-likeness (QED) is 0.466. The van der Waals surface area contributed by atoms with E-state index in [-0.39, 0.29) is 24.5 Å². The van der Waals surface area contributed by atoms with Crippen molar-refractivity contribution in [3.8, 4) is 0 Å². The van der Waals surface area contributed by atoms with Gasteiger partial charge in [0.05, 0.1) is 17.9 Å². The van der Waals surface area contributed by atoms with Gasteiger partial charge in [-0.1, -0.05) is 6.92 Å². The van der Waals surface area contributed by atoms with Gasteiger partial charge in [-0.2, -0.15) is 0 Å². The summed E-state index contributed by atoms with van der Waals surface area (Å²) in [6, 6.07) is 0. The topological polar surface area (TPSA) is 52.6 Å². The number of esters is 2. The van der Waals surface area contributed by atoms with E-state index in [2.05, 4.69) is 4.74 Å². The minimum absolute atomic E-state index is 0.0993. The first-order chi connectivity index (χ1) is 6.66. The lowest BCUT2D eigenvalue weighted by molar-refractivity contribution is -0.158. The molecule has 2 saturated heterocycles. The number of hydrogen-bond acceptors (Lipinski definition) is 4. The Balaban J connectivity index is 2.15. The molecule has 78 valence electrons. The number of ether oxygens (including phenoxy) is 2. The molecule has 2 aliphatic heterocycles. The molecule has 0 saturated carbocycles. The SMILES string of the molecule is CCC1CC2(CCO1)CC(=O)OC2=O. The molecule has 0 aromatic carbocycles. The van der Waals surface area contributed by atoms with Crippen LogP contribution < -0.4 is 0 Å². The molecule has 0 bridgehead atoms. The highest BCUT2D eigenvalue weighted by Gasteiger charge is 2.51. The summed E-state index contributed by atoms with van der Waals surface area (Å²) in [6.45, 7) is 2.58. The molecule has 4 nitrogen and oxygen atoms in total. The van der Waals surface area contributed by atoms with E-state index < -0.39 is 5.41 Å². The van der Waals surface area contributed by atoms with Crippen molar-refractivity contribution in [1.82, 2.24) is 0 Å². The predicted molar refractivity (Wildman–Crippen MR) is 47.4 cm³/mol. The summed E-state index contributed by atoms with van der Waals surface area (Å²) in [5.74, 6) is -0.726. The highest BCUT2D eigenvalue weighted by atomic mass is 16.6. The first kappa shape index (κ1) is 9.65. The maximum Gasteiger partial charge on any atom is 0.320 e. The average Bonchev–Trinajstić information content (AvgIpc) is 2.42. The van der Waals surface area contributed by atoms with Gasteiger partial charge < -0.3 is 9.47 Å². The van der Waals surface area contributed by atoms with Gasteiger partial charge in [-0.3, -0.25) is 9.59 Å². The van der Waals surface area contributed by atoms with Crippen LogP contribution >= 0.6 is 0 Å². The lowest BCUT2D eigenvalue weighted by Crippen LogP contribution is -2.38. The number of rotatable bonds is 1. The zero-order valence-electron chi connectivity index (χ0n) is 8.25.